The number of Topliss-reactive ketones (excluding diaryl/α,β-unsaturated/α-hetero) is 1. The Kier molecular flexibility index (Phi) is 5.12. The summed E-state index contributed by atoms with van der Waals surface area (Å²) in [6, 6.07) is 28.5. The maximum atomic E-state index is 13.4. The van der Waals surface area contributed by atoms with Crippen molar-refractivity contribution in [1.29, 1.82) is 0 Å². The molecule has 0 amide bonds. The van der Waals surface area contributed by atoms with Gasteiger partial charge in [-0.25, -0.2) is 0 Å². The second-order valence-electron chi connectivity index (χ2n) is 8.59. The Bertz CT molecular complexity index is 1670. The Morgan fingerprint density at radius 3 is 2.19 bits per heavy atom. The van der Waals surface area contributed by atoms with Gasteiger partial charge in [-0.15, -0.1) is 11.3 Å². The van der Waals surface area contributed by atoms with Gasteiger partial charge >= 0.3 is 6.18 Å². The lowest BCUT2D eigenvalue weighted by atomic mass is 9.95. The first kappa shape index (κ1) is 22.4. The smallest absolute Gasteiger partial charge is 0.454 e. The minimum absolute atomic E-state index is 0.208. The van der Waals surface area contributed by atoms with Crippen molar-refractivity contribution in [2.75, 3.05) is 11.4 Å². The maximum Gasteiger partial charge on any atom is 0.454 e. The van der Waals surface area contributed by atoms with Crippen LogP contribution in [0.1, 0.15) is 5.56 Å². The molecule has 4 aromatic carbocycles. The maximum absolute atomic E-state index is 13.4. The Morgan fingerprint density at radius 1 is 0.806 bits per heavy atom. The molecule has 0 aliphatic carbocycles. The largest absolute Gasteiger partial charge is 0.507 e. The zero-order valence-electron chi connectivity index (χ0n) is 18.7. The van der Waals surface area contributed by atoms with E-state index in [1.807, 2.05) is 78.9 Å². The number of thiophene rings is 1. The van der Waals surface area contributed by atoms with Crippen molar-refractivity contribution in [2.45, 2.75) is 6.18 Å². The van der Waals surface area contributed by atoms with Gasteiger partial charge in [0.25, 0.3) is 5.78 Å². The highest BCUT2D eigenvalue weighted by molar-refractivity contribution is 7.26. The average Bonchev–Trinajstić information content (AvgIpc) is 3.28. The van der Waals surface area contributed by atoms with E-state index in [1.165, 1.54) is 11.3 Å². The molecule has 0 unspecified atom stereocenters. The van der Waals surface area contributed by atoms with E-state index < -0.39 is 29.8 Å². The van der Waals surface area contributed by atoms with Crippen LogP contribution < -0.4 is 4.90 Å². The normalized spacial score (nSPS) is 13.9. The summed E-state index contributed by atoms with van der Waals surface area (Å²) in [7, 11) is 0. The number of fused-ring (bicyclic) bond motifs is 5. The average molecular weight is 502 g/mol. The zero-order chi connectivity index (χ0) is 25.0. The molecule has 36 heavy (non-hydrogen) atoms. The number of carbonyl (C=O) groups is 1. The predicted octanol–water partition coefficient (Wildman–Crippen LogP) is 8.27. The fraction of sp³-hybridized carbons (Fsp3) is 0.0690. The summed E-state index contributed by atoms with van der Waals surface area (Å²) >= 11 is 1.51. The number of benzene rings is 4. The van der Waals surface area contributed by atoms with E-state index in [0.29, 0.717) is 11.4 Å². The number of ketones is 1. The number of rotatable bonds is 3. The fourth-order valence-electron chi connectivity index (χ4n) is 4.74. The molecule has 2 heterocycles. The highest BCUT2D eigenvalue weighted by Gasteiger charge is 2.44. The Balaban J connectivity index is 1.57. The third kappa shape index (κ3) is 3.55. The molecule has 0 saturated carbocycles. The van der Waals surface area contributed by atoms with Crippen LogP contribution in [0.3, 0.4) is 0 Å². The molecule has 0 fully saturated rings. The van der Waals surface area contributed by atoms with Gasteiger partial charge in [0.2, 0.25) is 0 Å². The molecule has 7 heteroatoms. The third-order valence-corrected chi connectivity index (χ3v) is 7.66. The van der Waals surface area contributed by atoms with Crippen LogP contribution >= 0.6 is 11.3 Å². The number of aliphatic hydroxyl groups is 1. The quantitative estimate of drug-likeness (QED) is 0.270. The van der Waals surface area contributed by atoms with E-state index >= 15 is 0 Å². The van der Waals surface area contributed by atoms with E-state index in [9.17, 15) is 23.1 Å². The monoisotopic (exact) mass is 501 g/mol. The Labute approximate surface area is 208 Å². The van der Waals surface area contributed by atoms with E-state index in [2.05, 4.69) is 0 Å². The van der Waals surface area contributed by atoms with E-state index in [0.717, 1.165) is 31.3 Å². The van der Waals surface area contributed by atoms with Gasteiger partial charge in [0, 0.05) is 26.7 Å². The summed E-state index contributed by atoms with van der Waals surface area (Å²) < 4.78 is 42.2. The number of halogens is 3. The van der Waals surface area contributed by atoms with Crippen molar-refractivity contribution in [1.82, 2.24) is 0 Å². The minimum Gasteiger partial charge on any atom is -0.507 e. The first-order valence-electron chi connectivity index (χ1n) is 11.2. The molecule has 178 valence electrons. The molecule has 0 radical (unpaired) electrons. The molecule has 3 nitrogen and oxygen atoms in total. The topological polar surface area (TPSA) is 40.5 Å². The van der Waals surface area contributed by atoms with E-state index in [-0.39, 0.29) is 5.56 Å². The molecule has 6 rings (SSSR count). The van der Waals surface area contributed by atoms with Gasteiger partial charge in [0.15, 0.2) is 0 Å². The molecule has 1 aliphatic rings. The number of carbonyl (C=O) groups excluding carboxylic acids is 1. The van der Waals surface area contributed by atoms with Gasteiger partial charge in [0.05, 0.1) is 22.5 Å². The number of hydrogen-bond donors (Lipinski definition) is 1. The van der Waals surface area contributed by atoms with Crippen LogP contribution in [0.25, 0.3) is 37.1 Å². The minimum atomic E-state index is -5.09. The fourth-order valence-corrected chi connectivity index (χ4v) is 6.00. The SMILES string of the molecule is O=C(C1=C(O)c2ccc3c(sc4ccccc43)c2N(c2ccc(-c3ccccc3)cc2)C1)C(F)(F)F. The summed E-state index contributed by atoms with van der Waals surface area (Å²) in [5.74, 6) is -2.66. The molecule has 5 aromatic rings. The van der Waals surface area contributed by atoms with Crippen molar-refractivity contribution >= 4 is 54.4 Å². The van der Waals surface area contributed by atoms with Crippen LogP contribution in [-0.2, 0) is 4.79 Å². The van der Waals surface area contributed by atoms with Gasteiger partial charge in [-0.3, -0.25) is 4.79 Å². The molecule has 0 saturated heterocycles. The Hall–Kier alpha value is -4.10. The molecule has 0 spiro atoms. The first-order chi connectivity index (χ1) is 17.3. The number of hydrogen-bond acceptors (Lipinski definition) is 4. The predicted molar refractivity (Wildman–Crippen MR) is 139 cm³/mol. The molecule has 1 aliphatic heterocycles. The second kappa shape index (κ2) is 8.24. The van der Waals surface area contributed by atoms with Crippen LogP contribution in [-0.4, -0.2) is 23.6 Å². The van der Waals surface area contributed by atoms with Crippen LogP contribution in [0.2, 0.25) is 0 Å². The van der Waals surface area contributed by atoms with Crippen LogP contribution in [0, 0.1) is 0 Å². The van der Waals surface area contributed by atoms with Crippen molar-refractivity contribution in [3.8, 4) is 11.1 Å². The summed E-state index contributed by atoms with van der Waals surface area (Å²) in [4.78, 5) is 14.0. The van der Waals surface area contributed by atoms with Gasteiger partial charge < -0.3 is 10.0 Å². The van der Waals surface area contributed by atoms with E-state index in [1.54, 1.807) is 17.0 Å². The van der Waals surface area contributed by atoms with Gasteiger partial charge in [-0.1, -0.05) is 66.7 Å². The van der Waals surface area contributed by atoms with E-state index in [4.69, 9.17) is 0 Å². The number of nitrogens with zero attached hydrogens (tertiary/aromatic N) is 1. The number of anilines is 2. The molecule has 1 aromatic heterocycles. The van der Waals surface area contributed by atoms with Crippen LogP contribution in [0.4, 0.5) is 24.5 Å². The highest BCUT2D eigenvalue weighted by atomic mass is 32.1. The molecule has 1 N–H and O–H groups in total. The van der Waals surface area contributed by atoms with Gasteiger partial charge in [-0.05, 0) is 35.4 Å². The summed E-state index contributed by atoms with van der Waals surface area (Å²) in [6.07, 6.45) is -5.09. The first-order valence-corrected chi connectivity index (χ1v) is 12.1. The standard InChI is InChI=1S/C29H18F3NO2S/c30-29(31,32)28(35)23-16-33(19-12-10-18(11-13-19)17-6-2-1-3-7-17)25-22(26(23)34)15-14-21-20-8-4-5-9-24(20)36-27(21)25/h1-15,34H,16H2. The highest BCUT2D eigenvalue weighted by Crippen LogP contribution is 2.48. The molecular formula is C29H18F3NO2S. The van der Waals surface area contributed by atoms with Crippen LogP contribution in [0.15, 0.2) is 96.6 Å². The van der Waals surface area contributed by atoms with Gasteiger partial charge in [-0.2, -0.15) is 13.2 Å². The van der Waals surface area contributed by atoms with Crippen LogP contribution in [0.5, 0.6) is 0 Å². The van der Waals surface area contributed by atoms with Crippen molar-refractivity contribution in [3.05, 3.63) is 102 Å². The summed E-state index contributed by atoms with van der Waals surface area (Å²) in [5, 5.41) is 12.9. The third-order valence-electron chi connectivity index (χ3n) is 6.47. The Morgan fingerprint density at radius 2 is 1.47 bits per heavy atom. The molecular weight excluding hydrogens is 483 g/mol. The van der Waals surface area contributed by atoms with Gasteiger partial charge in [0.1, 0.15) is 5.76 Å². The number of aliphatic hydroxyl groups excluding tert-OH is 1. The summed E-state index contributed by atoms with van der Waals surface area (Å²) in [5.41, 5.74) is 2.74. The zero-order valence-corrected chi connectivity index (χ0v) is 19.5. The molecule has 0 atom stereocenters. The lowest BCUT2D eigenvalue weighted by Crippen LogP contribution is -2.34. The summed E-state index contributed by atoms with van der Waals surface area (Å²) in [6.45, 7) is -0.394. The lowest BCUT2D eigenvalue weighted by molar-refractivity contribution is -0.166. The number of alkyl halides is 3. The van der Waals surface area contributed by atoms with Crippen molar-refractivity contribution in [3.63, 3.8) is 0 Å². The molecule has 0 bridgehead atoms. The van der Waals surface area contributed by atoms with Crippen molar-refractivity contribution in [2.24, 2.45) is 0 Å². The lowest BCUT2D eigenvalue weighted by Gasteiger charge is -2.33. The van der Waals surface area contributed by atoms with Crippen molar-refractivity contribution < 1.29 is 23.1 Å². The second-order valence-corrected chi connectivity index (χ2v) is 9.64.